The highest BCUT2D eigenvalue weighted by molar-refractivity contribution is 6.17. The second-order valence-electron chi connectivity index (χ2n) is 16.4. The largest absolute Gasteiger partial charge is 0.456 e. The maximum Gasteiger partial charge on any atom is 0.164 e. The molecular weight excluding hydrogens is 731 g/mol. The zero-order chi connectivity index (χ0) is 40.0. The Balaban J connectivity index is 1.00. The van der Waals surface area contributed by atoms with Crippen LogP contribution in [0.2, 0.25) is 0 Å². The molecule has 0 radical (unpaired) electrons. The van der Waals surface area contributed by atoms with E-state index in [0.717, 1.165) is 55.3 Å². The first-order valence-electron chi connectivity index (χ1n) is 20.5. The maximum atomic E-state index is 6.54. The van der Waals surface area contributed by atoms with Crippen molar-refractivity contribution in [3.05, 3.63) is 199 Å². The summed E-state index contributed by atoms with van der Waals surface area (Å²) in [6.45, 7) is 4.61. The van der Waals surface area contributed by atoms with Crippen molar-refractivity contribution in [1.29, 1.82) is 0 Å². The summed E-state index contributed by atoms with van der Waals surface area (Å²) in [6, 6.07) is 66.7. The van der Waals surface area contributed by atoms with Crippen molar-refractivity contribution < 1.29 is 4.42 Å². The molecule has 0 bridgehead atoms. The Morgan fingerprint density at radius 1 is 0.350 bits per heavy atom. The average Bonchev–Trinajstić information content (AvgIpc) is 3.80. The summed E-state index contributed by atoms with van der Waals surface area (Å²) < 4.78 is 6.54. The molecule has 0 spiro atoms. The van der Waals surface area contributed by atoms with Crippen LogP contribution in [-0.2, 0) is 5.41 Å². The van der Waals surface area contributed by atoms with Crippen LogP contribution in [0.5, 0.6) is 0 Å². The molecule has 4 heteroatoms. The van der Waals surface area contributed by atoms with Crippen LogP contribution in [0.1, 0.15) is 25.0 Å². The predicted molar refractivity (Wildman–Crippen MR) is 247 cm³/mol. The molecule has 9 aromatic carbocycles. The average molecular weight is 768 g/mol. The van der Waals surface area contributed by atoms with E-state index in [2.05, 4.69) is 184 Å². The SMILES string of the molecule is CC1(C)c2ccccc2-c2cc(-c3nc(-c4ccccc4)nc(-c4cccc(-c5cccc6oc7ccc(-c8cc9ccccc9c9ccccc89)cc7c56)c4)n3)ccc21. The summed E-state index contributed by atoms with van der Waals surface area (Å²) in [7, 11) is 0. The number of fused-ring (bicyclic) bond motifs is 9. The van der Waals surface area contributed by atoms with E-state index in [0.29, 0.717) is 17.5 Å². The Labute approximate surface area is 347 Å². The van der Waals surface area contributed by atoms with E-state index in [9.17, 15) is 0 Å². The molecule has 0 saturated heterocycles. The van der Waals surface area contributed by atoms with Gasteiger partial charge in [-0.25, -0.2) is 15.0 Å². The van der Waals surface area contributed by atoms with Gasteiger partial charge in [-0.15, -0.1) is 0 Å². The molecule has 11 aromatic rings. The molecule has 1 aliphatic carbocycles. The second-order valence-corrected chi connectivity index (χ2v) is 16.4. The summed E-state index contributed by atoms with van der Waals surface area (Å²) >= 11 is 0. The van der Waals surface area contributed by atoms with Crippen LogP contribution in [0.15, 0.2) is 192 Å². The topological polar surface area (TPSA) is 51.8 Å². The Morgan fingerprint density at radius 3 is 1.80 bits per heavy atom. The van der Waals surface area contributed by atoms with E-state index in [4.69, 9.17) is 19.4 Å². The van der Waals surface area contributed by atoms with Crippen molar-refractivity contribution in [3.63, 3.8) is 0 Å². The smallest absolute Gasteiger partial charge is 0.164 e. The van der Waals surface area contributed by atoms with E-state index in [1.807, 2.05) is 18.2 Å². The summed E-state index contributed by atoms with van der Waals surface area (Å²) in [4.78, 5) is 15.4. The minimum atomic E-state index is -0.0834. The van der Waals surface area contributed by atoms with E-state index in [1.165, 1.54) is 49.4 Å². The van der Waals surface area contributed by atoms with Crippen molar-refractivity contribution >= 4 is 43.5 Å². The van der Waals surface area contributed by atoms with E-state index < -0.39 is 0 Å². The normalized spacial score (nSPS) is 13.0. The molecule has 0 atom stereocenters. The first-order chi connectivity index (χ1) is 29.5. The summed E-state index contributed by atoms with van der Waals surface area (Å²) in [5.74, 6) is 1.90. The van der Waals surface area contributed by atoms with Gasteiger partial charge >= 0.3 is 0 Å². The third-order valence-electron chi connectivity index (χ3n) is 12.5. The Hall–Kier alpha value is -7.69. The zero-order valence-electron chi connectivity index (χ0n) is 33.1. The monoisotopic (exact) mass is 767 g/mol. The molecule has 0 amide bonds. The lowest BCUT2D eigenvalue weighted by Crippen LogP contribution is -2.14. The number of aromatic nitrogens is 3. The fourth-order valence-corrected chi connectivity index (χ4v) is 9.56. The summed E-state index contributed by atoms with van der Waals surface area (Å²) in [5, 5.41) is 7.13. The van der Waals surface area contributed by atoms with Crippen molar-refractivity contribution in [1.82, 2.24) is 15.0 Å². The fraction of sp³-hybridized carbons (Fsp3) is 0.0536. The lowest BCUT2D eigenvalue weighted by Gasteiger charge is -2.21. The molecule has 0 N–H and O–H groups in total. The highest BCUT2D eigenvalue weighted by Gasteiger charge is 2.35. The molecule has 12 rings (SSSR count). The van der Waals surface area contributed by atoms with Gasteiger partial charge in [0.15, 0.2) is 17.5 Å². The quantitative estimate of drug-likeness (QED) is 0.164. The van der Waals surface area contributed by atoms with Gasteiger partial charge < -0.3 is 4.42 Å². The minimum Gasteiger partial charge on any atom is -0.456 e. The lowest BCUT2D eigenvalue weighted by molar-refractivity contribution is 0.660. The van der Waals surface area contributed by atoms with Gasteiger partial charge in [0.1, 0.15) is 11.2 Å². The summed E-state index contributed by atoms with van der Waals surface area (Å²) in [6.07, 6.45) is 0. The van der Waals surface area contributed by atoms with Gasteiger partial charge in [-0.1, -0.05) is 166 Å². The van der Waals surface area contributed by atoms with Gasteiger partial charge in [0.05, 0.1) is 0 Å². The second kappa shape index (κ2) is 13.2. The number of benzene rings is 9. The van der Waals surface area contributed by atoms with E-state index in [-0.39, 0.29) is 5.41 Å². The first-order valence-corrected chi connectivity index (χ1v) is 20.5. The molecule has 2 aromatic heterocycles. The van der Waals surface area contributed by atoms with Crippen molar-refractivity contribution in [3.8, 4) is 67.5 Å². The number of hydrogen-bond donors (Lipinski definition) is 0. The molecule has 0 aliphatic heterocycles. The van der Waals surface area contributed by atoms with Gasteiger partial charge in [0.25, 0.3) is 0 Å². The third-order valence-corrected chi connectivity index (χ3v) is 12.5. The zero-order valence-corrected chi connectivity index (χ0v) is 33.1. The van der Waals surface area contributed by atoms with Crippen LogP contribution in [0.4, 0.5) is 0 Å². The maximum absolute atomic E-state index is 6.54. The highest BCUT2D eigenvalue weighted by Crippen LogP contribution is 2.49. The lowest BCUT2D eigenvalue weighted by atomic mass is 9.82. The van der Waals surface area contributed by atoms with E-state index in [1.54, 1.807) is 0 Å². The van der Waals surface area contributed by atoms with Crippen molar-refractivity contribution in [2.24, 2.45) is 0 Å². The minimum absolute atomic E-state index is 0.0834. The first kappa shape index (κ1) is 34.4. The van der Waals surface area contributed by atoms with Crippen LogP contribution in [-0.4, -0.2) is 15.0 Å². The molecule has 0 fully saturated rings. The molecule has 0 unspecified atom stereocenters. The van der Waals surface area contributed by atoms with Crippen LogP contribution in [0, 0.1) is 0 Å². The third kappa shape index (κ3) is 5.34. The van der Waals surface area contributed by atoms with Crippen LogP contribution >= 0.6 is 0 Å². The molecule has 0 saturated carbocycles. The predicted octanol–water partition coefficient (Wildman–Crippen LogP) is 14.7. The molecule has 282 valence electrons. The number of furan rings is 1. The molecule has 2 heterocycles. The Morgan fingerprint density at radius 2 is 0.950 bits per heavy atom. The number of nitrogens with zero attached hydrogens (tertiary/aromatic N) is 3. The van der Waals surface area contributed by atoms with Crippen molar-refractivity contribution in [2.45, 2.75) is 19.3 Å². The van der Waals surface area contributed by atoms with Gasteiger partial charge in [0.2, 0.25) is 0 Å². The highest BCUT2D eigenvalue weighted by atomic mass is 16.3. The molecular formula is C56H37N3O. The molecule has 4 nitrogen and oxygen atoms in total. The van der Waals surface area contributed by atoms with Gasteiger partial charge in [-0.3, -0.25) is 0 Å². The van der Waals surface area contributed by atoms with E-state index >= 15 is 0 Å². The Bertz CT molecular complexity index is 3530. The standard InChI is InChI=1S/C56H37N3O/c1-56(2)48-24-11-10-22-44(48)46-33-39(26-28-49(46)56)55-58-53(34-14-4-3-5-15-34)57-54(59-55)38-18-12-17-35(30-38)41-23-13-25-51-52(41)47-32-37(27-29-50(47)60-51)45-31-36-16-6-7-19-40(36)42-20-8-9-21-43(42)45/h3-33H,1-2H3. The number of rotatable bonds is 5. The van der Waals surface area contributed by atoms with Gasteiger partial charge in [-0.2, -0.15) is 0 Å². The van der Waals surface area contributed by atoms with Crippen LogP contribution in [0.3, 0.4) is 0 Å². The number of hydrogen-bond acceptors (Lipinski definition) is 4. The van der Waals surface area contributed by atoms with Crippen molar-refractivity contribution in [2.75, 3.05) is 0 Å². The summed E-state index contributed by atoms with van der Waals surface area (Å²) in [5.41, 5.74) is 14.1. The molecule has 60 heavy (non-hydrogen) atoms. The van der Waals surface area contributed by atoms with Crippen LogP contribution < -0.4 is 0 Å². The molecule has 1 aliphatic rings. The Kier molecular flexibility index (Phi) is 7.54. The fourth-order valence-electron chi connectivity index (χ4n) is 9.56. The van der Waals surface area contributed by atoms with Gasteiger partial charge in [0, 0.05) is 32.9 Å². The van der Waals surface area contributed by atoms with Gasteiger partial charge in [-0.05, 0) is 102 Å². The van der Waals surface area contributed by atoms with Crippen LogP contribution in [0.25, 0.3) is 111 Å².